The predicted octanol–water partition coefficient (Wildman–Crippen LogP) is 9.11. The zero-order valence-corrected chi connectivity index (χ0v) is 40.4. The van der Waals surface area contributed by atoms with Crippen LogP contribution in [0.2, 0.25) is 0 Å². The van der Waals surface area contributed by atoms with Gasteiger partial charge >= 0.3 is 33.3 Å². The second-order valence-corrected chi connectivity index (χ2v) is 20.0. The number of phosphoric ester groups is 2. The number of anilines is 1. The first kappa shape index (κ1) is 57.9. The van der Waals surface area contributed by atoms with Crippen molar-refractivity contribution < 1.29 is 66.3 Å². The lowest BCUT2D eigenvalue weighted by molar-refractivity contribution is -0.161. The van der Waals surface area contributed by atoms with E-state index in [0.29, 0.717) is 12.8 Å². The van der Waals surface area contributed by atoms with Gasteiger partial charge in [0.1, 0.15) is 30.7 Å². The minimum atomic E-state index is -5.41. The minimum absolute atomic E-state index is 0.0578. The van der Waals surface area contributed by atoms with Gasteiger partial charge < -0.3 is 39.9 Å². The molecule has 1 aliphatic heterocycles. The number of aliphatic hydroxyl groups excluding tert-OH is 2. The Morgan fingerprint density at radius 1 is 0.688 bits per heavy atom. The van der Waals surface area contributed by atoms with Gasteiger partial charge in [0.15, 0.2) is 12.3 Å². The Bertz CT molecular complexity index is 1570. The van der Waals surface area contributed by atoms with Crippen molar-refractivity contribution in [1.82, 2.24) is 9.55 Å². The summed E-state index contributed by atoms with van der Waals surface area (Å²) in [4.78, 5) is 61.7. The van der Waals surface area contributed by atoms with Gasteiger partial charge in [-0.1, -0.05) is 168 Å². The topological polar surface area (TPSA) is 265 Å². The van der Waals surface area contributed by atoms with Crippen LogP contribution in [-0.4, -0.2) is 85.7 Å². The van der Waals surface area contributed by atoms with E-state index in [4.69, 9.17) is 29.0 Å². The fourth-order valence-electron chi connectivity index (χ4n) is 7.43. The fraction of sp³-hybridized carbons (Fsp3) is 0.864. The van der Waals surface area contributed by atoms with Gasteiger partial charge in [0, 0.05) is 19.0 Å². The summed E-state index contributed by atoms with van der Waals surface area (Å²) in [5.74, 6) is -1.28. The molecule has 0 bridgehead atoms. The van der Waals surface area contributed by atoms with E-state index in [-0.39, 0.29) is 18.7 Å². The Kier molecular flexibility index (Phi) is 30.9. The minimum Gasteiger partial charge on any atom is -0.462 e. The van der Waals surface area contributed by atoms with Crippen LogP contribution >= 0.6 is 15.6 Å². The molecular formula is C44H81N3O15P2. The van der Waals surface area contributed by atoms with Crippen molar-refractivity contribution in [3.8, 4) is 0 Å². The molecule has 0 aliphatic carbocycles. The molecule has 3 unspecified atom stereocenters. The summed E-state index contributed by atoms with van der Waals surface area (Å²) in [5, 5.41) is 20.9. The first-order chi connectivity index (χ1) is 30.7. The van der Waals surface area contributed by atoms with Crippen LogP contribution in [0.3, 0.4) is 0 Å². The van der Waals surface area contributed by atoms with Crippen molar-refractivity contribution in [1.29, 1.82) is 0 Å². The van der Waals surface area contributed by atoms with Gasteiger partial charge in [0.2, 0.25) is 0 Å². The summed E-state index contributed by atoms with van der Waals surface area (Å²) in [7, 11) is -10.8. The molecule has 0 radical (unpaired) electrons. The van der Waals surface area contributed by atoms with Gasteiger partial charge in [-0.25, -0.2) is 13.9 Å². The Labute approximate surface area is 380 Å². The van der Waals surface area contributed by atoms with E-state index < -0.39 is 83.7 Å². The van der Waals surface area contributed by atoms with Crippen LogP contribution in [0.5, 0.6) is 0 Å². The van der Waals surface area contributed by atoms with Crippen LogP contribution in [0, 0.1) is 0 Å². The zero-order chi connectivity index (χ0) is 47.1. The Hall–Kier alpha value is -2.24. The van der Waals surface area contributed by atoms with E-state index in [2.05, 4.69) is 23.1 Å². The molecule has 1 saturated heterocycles. The number of esters is 2. The highest BCUT2D eigenvalue weighted by molar-refractivity contribution is 7.61. The molecule has 64 heavy (non-hydrogen) atoms. The zero-order valence-electron chi connectivity index (χ0n) is 38.6. The van der Waals surface area contributed by atoms with Crippen molar-refractivity contribution in [2.75, 3.05) is 25.6 Å². The summed E-state index contributed by atoms with van der Waals surface area (Å²) < 4.78 is 56.7. The first-order valence-corrected chi connectivity index (χ1v) is 27.0. The summed E-state index contributed by atoms with van der Waals surface area (Å²) in [6.07, 6.45) is 23.3. The molecule has 0 spiro atoms. The first-order valence-electron chi connectivity index (χ1n) is 24.0. The number of nitrogens with two attached hydrogens (primary N) is 1. The third kappa shape index (κ3) is 26.8. The van der Waals surface area contributed by atoms with Gasteiger partial charge in [-0.15, -0.1) is 0 Å². The second-order valence-electron chi connectivity index (χ2n) is 17.0. The molecule has 7 atom stereocenters. The van der Waals surface area contributed by atoms with Crippen LogP contribution in [0.25, 0.3) is 0 Å². The highest BCUT2D eigenvalue weighted by Crippen LogP contribution is 2.60. The number of unbranched alkanes of at least 4 members (excludes halogenated alkanes) is 24. The van der Waals surface area contributed by atoms with Gasteiger partial charge in [-0.3, -0.25) is 23.2 Å². The number of carbonyl (C=O) groups is 2. The molecule has 0 aromatic carbocycles. The molecule has 372 valence electrons. The van der Waals surface area contributed by atoms with Crippen LogP contribution < -0.4 is 11.4 Å². The van der Waals surface area contributed by atoms with Crippen molar-refractivity contribution in [2.45, 2.75) is 224 Å². The number of aliphatic hydroxyl groups is 2. The normalized spacial score (nSPS) is 19.8. The molecule has 0 saturated carbocycles. The van der Waals surface area contributed by atoms with E-state index in [0.717, 1.165) is 55.9 Å². The van der Waals surface area contributed by atoms with Gasteiger partial charge in [-0.05, 0) is 18.9 Å². The van der Waals surface area contributed by atoms with Crippen molar-refractivity contribution in [3.63, 3.8) is 0 Å². The Morgan fingerprint density at radius 2 is 1.12 bits per heavy atom. The maximum absolute atomic E-state index is 12.8. The smallest absolute Gasteiger partial charge is 0.462 e. The molecule has 2 heterocycles. The second kappa shape index (κ2) is 34.1. The number of rotatable bonds is 40. The third-order valence-corrected chi connectivity index (χ3v) is 13.8. The third-order valence-electron chi connectivity index (χ3n) is 11.2. The molecule has 20 heteroatoms. The van der Waals surface area contributed by atoms with Crippen LogP contribution in [0.4, 0.5) is 5.82 Å². The predicted molar refractivity (Wildman–Crippen MR) is 243 cm³/mol. The number of phosphoric acid groups is 2. The monoisotopic (exact) mass is 954 g/mol. The fourth-order valence-corrected chi connectivity index (χ4v) is 9.54. The maximum Gasteiger partial charge on any atom is 0.481 e. The number of nitrogen functional groups attached to an aromatic ring is 1. The summed E-state index contributed by atoms with van der Waals surface area (Å²) in [6, 6.07) is 1.25. The molecular weight excluding hydrogens is 872 g/mol. The lowest BCUT2D eigenvalue weighted by atomic mass is 10.0. The maximum atomic E-state index is 12.8. The lowest BCUT2D eigenvalue weighted by Crippen LogP contribution is -2.36. The molecule has 0 amide bonds. The number of hydrogen-bond acceptors (Lipinski definition) is 15. The molecule has 1 aliphatic rings. The highest BCUT2D eigenvalue weighted by Gasteiger charge is 2.46. The summed E-state index contributed by atoms with van der Waals surface area (Å²) >= 11 is 0. The van der Waals surface area contributed by atoms with E-state index in [9.17, 15) is 43.5 Å². The number of aromatic nitrogens is 2. The molecule has 1 fully saturated rings. The quantitative estimate of drug-likeness (QED) is 0.0233. The number of carbonyl (C=O) groups excluding carboxylic acids is 2. The standard InChI is InChI=1S/C44H81N3O15P2/c1-3-5-7-9-11-13-15-17-19-21-23-25-27-29-39(48)57-33-36(60-40(49)30-28-26-24-22-20-18-16-14-12-10-8-6-4-2)34-58-63(53,54)62-64(55,56)59-35-37-41(50)42(51)43(61-37)47-32-31-38(45)46-44(47)52/h31-32,36-37,41-43,50-51H,3-30,33-35H2,1-2H3,(H,53,54)(H,55,56)(H2,45,46,52)/t36-,37-,41+,42?,43-/m1/s1. The Balaban J connectivity index is 1.82. The van der Waals surface area contributed by atoms with Gasteiger partial charge in [-0.2, -0.15) is 9.29 Å². The number of hydrogen-bond donors (Lipinski definition) is 5. The highest BCUT2D eigenvalue weighted by atomic mass is 31.3. The van der Waals surface area contributed by atoms with Crippen molar-refractivity contribution in [3.05, 3.63) is 22.7 Å². The van der Waals surface area contributed by atoms with Crippen molar-refractivity contribution in [2.24, 2.45) is 0 Å². The molecule has 1 aromatic rings. The average molecular weight is 954 g/mol. The SMILES string of the molecule is CCCCCCCCCCCCCCCC(=O)OC[C@H](COP(=O)(O)OP(=O)(O)OC[C@H]1O[C@@H](n2ccc(N)nc2=O)C(O)[C@H]1O)OC(=O)CCCCCCCCCCCCCCC. The van der Waals surface area contributed by atoms with E-state index in [1.54, 1.807) is 0 Å². The van der Waals surface area contributed by atoms with Crippen LogP contribution in [0.15, 0.2) is 17.1 Å². The number of nitrogens with zero attached hydrogens (tertiary/aromatic N) is 2. The number of ether oxygens (including phenoxy) is 3. The van der Waals surface area contributed by atoms with E-state index in [1.807, 2.05) is 0 Å². The van der Waals surface area contributed by atoms with Gasteiger partial charge in [0.05, 0.1) is 13.2 Å². The van der Waals surface area contributed by atoms with E-state index in [1.165, 1.54) is 115 Å². The summed E-state index contributed by atoms with van der Waals surface area (Å²) in [6.45, 7) is 2.16. The largest absolute Gasteiger partial charge is 0.481 e. The van der Waals surface area contributed by atoms with Crippen molar-refractivity contribution >= 4 is 33.4 Å². The lowest BCUT2D eigenvalue weighted by Gasteiger charge is -2.21. The average Bonchev–Trinajstić information content (AvgIpc) is 3.52. The summed E-state index contributed by atoms with van der Waals surface area (Å²) in [5.41, 5.74) is 4.58. The van der Waals surface area contributed by atoms with Crippen LogP contribution in [-0.2, 0) is 46.3 Å². The van der Waals surface area contributed by atoms with E-state index >= 15 is 0 Å². The van der Waals surface area contributed by atoms with Gasteiger partial charge in [0.25, 0.3) is 0 Å². The molecule has 2 rings (SSSR count). The molecule has 6 N–H and O–H groups in total. The Morgan fingerprint density at radius 3 is 1.59 bits per heavy atom. The van der Waals surface area contributed by atoms with Crippen LogP contribution in [0.1, 0.15) is 200 Å². The molecule has 18 nitrogen and oxygen atoms in total. The molecule has 1 aromatic heterocycles.